The molecule has 4 aromatic rings. The van der Waals surface area contributed by atoms with Crippen LogP contribution >= 0.6 is 11.6 Å². The summed E-state index contributed by atoms with van der Waals surface area (Å²) in [6, 6.07) is 2.99. The number of aromatic amines is 1. The van der Waals surface area contributed by atoms with Gasteiger partial charge in [0.15, 0.2) is 5.82 Å². The van der Waals surface area contributed by atoms with E-state index >= 15 is 0 Å². The molecule has 2 fully saturated rings. The summed E-state index contributed by atoms with van der Waals surface area (Å²) in [4.78, 5) is 11.4. The lowest BCUT2D eigenvalue weighted by Gasteiger charge is -2.41. The Morgan fingerprint density at radius 2 is 2.16 bits per heavy atom. The number of fused-ring (bicyclic) bond motifs is 4. The highest BCUT2D eigenvalue weighted by Gasteiger charge is 2.48. The lowest BCUT2D eigenvalue weighted by molar-refractivity contribution is 0.202. The maximum atomic E-state index is 14.8. The number of hydrogen-bond donors (Lipinski definition) is 3. The molecule has 5 heterocycles. The lowest BCUT2D eigenvalue weighted by atomic mass is 9.96. The van der Waals surface area contributed by atoms with Crippen molar-refractivity contribution in [1.82, 2.24) is 29.9 Å². The Labute approximate surface area is 187 Å². The zero-order valence-electron chi connectivity index (χ0n) is 17.3. The number of nitrogens with one attached hydrogen (secondary N) is 1. The van der Waals surface area contributed by atoms with E-state index in [1.165, 1.54) is 0 Å². The lowest BCUT2D eigenvalue weighted by Crippen LogP contribution is -2.56. The molecule has 0 radical (unpaired) electrons. The maximum Gasteiger partial charge on any atom is 0.202 e. The first-order chi connectivity index (χ1) is 15.5. The second kappa shape index (κ2) is 7.09. The summed E-state index contributed by atoms with van der Waals surface area (Å²) in [7, 11) is 1.84. The summed E-state index contributed by atoms with van der Waals surface area (Å²) in [6.07, 6.45) is 2.81. The van der Waals surface area contributed by atoms with Crippen LogP contribution in [0.2, 0.25) is 5.02 Å². The molecule has 4 atom stereocenters. The third-order valence-corrected chi connectivity index (χ3v) is 7.12. The number of hydrogen-bond acceptors (Lipinski definition) is 7. The fourth-order valence-electron chi connectivity index (χ4n) is 5.25. The zero-order valence-corrected chi connectivity index (χ0v) is 18.1. The molecule has 6 rings (SSSR count). The SMILES string of the molecule is Cn1cc2c(Cl)c(-c3[nH]nc4nc(N5[C@@H]6CC[C@@H]5[C@@H](F)[C@@H](N)C6)c(CO)nc34)ccc2n1. The number of nitrogens with two attached hydrogens (primary N) is 1. The third kappa shape index (κ3) is 2.76. The number of alkyl halides is 1. The molecule has 0 spiro atoms. The third-order valence-electron chi connectivity index (χ3n) is 6.71. The average Bonchev–Trinajstić information content (AvgIpc) is 3.46. The van der Waals surface area contributed by atoms with Crippen molar-refractivity contribution in [1.29, 1.82) is 0 Å². The van der Waals surface area contributed by atoms with Gasteiger partial charge in [-0.3, -0.25) is 9.78 Å². The van der Waals surface area contributed by atoms with E-state index in [-0.39, 0.29) is 18.7 Å². The molecule has 3 aromatic heterocycles. The Hall–Kier alpha value is -2.82. The van der Waals surface area contributed by atoms with Gasteiger partial charge >= 0.3 is 0 Å². The maximum absolute atomic E-state index is 14.8. The van der Waals surface area contributed by atoms with Crippen LogP contribution in [0.25, 0.3) is 33.3 Å². The number of nitrogens with zero attached hydrogens (tertiary/aromatic N) is 6. The van der Waals surface area contributed by atoms with Gasteiger partial charge in [0.05, 0.1) is 28.9 Å². The van der Waals surface area contributed by atoms with Gasteiger partial charge in [0.25, 0.3) is 0 Å². The summed E-state index contributed by atoms with van der Waals surface area (Å²) in [5, 5.41) is 23.2. The number of halogens is 2. The standard InChI is InChI=1S/C21H22ClFN8O/c1-30-7-11-13(29-30)4-3-10(16(11)22)18-19-20(28-27-18)26-21(14(8-32)25-19)31-9-2-5-15(31)17(23)12(24)6-9/h3-4,7,9,12,15,17,32H,2,5-6,8,24H2,1H3,(H,26,27,28)/t9-,12+,15-,17+/m1/s1. The molecule has 2 aliphatic heterocycles. The highest BCUT2D eigenvalue weighted by atomic mass is 35.5. The number of piperidine rings is 1. The molecule has 0 saturated carbocycles. The summed E-state index contributed by atoms with van der Waals surface area (Å²) in [5.41, 5.74) is 9.39. The smallest absolute Gasteiger partial charge is 0.202 e. The average molecular weight is 457 g/mol. The van der Waals surface area contributed by atoms with Crippen molar-refractivity contribution in [2.75, 3.05) is 4.90 Å². The Balaban J connectivity index is 1.49. The van der Waals surface area contributed by atoms with Gasteiger partial charge in [-0.2, -0.15) is 10.2 Å². The molecule has 4 N–H and O–H groups in total. The predicted molar refractivity (Wildman–Crippen MR) is 119 cm³/mol. The van der Waals surface area contributed by atoms with Crippen molar-refractivity contribution in [2.45, 2.75) is 50.2 Å². The quantitative estimate of drug-likeness (QED) is 0.433. The molecular weight excluding hydrogens is 435 g/mol. The van der Waals surface area contributed by atoms with Crippen molar-refractivity contribution in [3.05, 3.63) is 29.0 Å². The van der Waals surface area contributed by atoms with Gasteiger partial charge < -0.3 is 15.7 Å². The van der Waals surface area contributed by atoms with Crippen LogP contribution in [-0.2, 0) is 13.7 Å². The summed E-state index contributed by atoms with van der Waals surface area (Å²) in [5.74, 6) is 0.480. The summed E-state index contributed by atoms with van der Waals surface area (Å²) >= 11 is 6.69. The fraction of sp³-hybridized carbons (Fsp3) is 0.429. The number of aryl methyl sites for hydroxylation is 1. The van der Waals surface area contributed by atoms with E-state index in [9.17, 15) is 9.50 Å². The molecule has 2 aliphatic rings. The van der Waals surface area contributed by atoms with Gasteiger partial charge in [-0.15, -0.1) is 0 Å². The number of aromatic nitrogens is 6. The van der Waals surface area contributed by atoms with E-state index in [2.05, 4.69) is 15.3 Å². The van der Waals surface area contributed by atoms with E-state index in [0.29, 0.717) is 51.8 Å². The van der Waals surface area contributed by atoms with E-state index in [1.54, 1.807) is 4.68 Å². The van der Waals surface area contributed by atoms with Crippen LogP contribution in [0.4, 0.5) is 10.2 Å². The number of aliphatic hydroxyl groups is 1. The number of anilines is 1. The Kier molecular flexibility index (Phi) is 4.40. The van der Waals surface area contributed by atoms with E-state index in [0.717, 1.165) is 17.3 Å². The second-order valence-electron chi connectivity index (χ2n) is 8.64. The molecule has 11 heteroatoms. The molecule has 0 aliphatic carbocycles. The van der Waals surface area contributed by atoms with E-state index in [4.69, 9.17) is 27.3 Å². The van der Waals surface area contributed by atoms with Gasteiger partial charge in [-0.1, -0.05) is 11.6 Å². The van der Waals surface area contributed by atoms with E-state index < -0.39 is 12.2 Å². The van der Waals surface area contributed by atoms with Gasteiger partial charge in [-0.05, 0) is 31.4 Å². The van der Waals surface area contributed by atoms with Crippen molar-refractivity contribution in [2.24, 2.45) is 12.8 Å². The molecule has 2 bridgehead atoms. The Morgan fingerprint density at radius 1 is 1.31 bits per heavy atom. The van der Waals surface area contributed by atoms with Crippen molar-refractivity contribution in [3.8, 4) is 11.3 Å². The van der Waals surface area contributed by atoms with Crippen LogP contribution < -0.4 is 10.6 Å². The number of H-pyrrole nitrogens is 1. The van der Waals surface area contributed by atoms with E-state index in [1.807, 2.05) is 30.3 Å². The first kappa shape index (κ1) is 19.8. The van der Waals surface area contributed by atoms with Gasteiger partial charge in [0.1, 0.15) is 17.4 Å². The van der Waals surface area contributed by atoms with Crippen molar-refractivity contribution in [3.63, 3.8) is 0 Å². The predicted octanol–water partition coefficient (Wildman–Crippen LogP) is 2.46. The molecule has 166 valence electrons. The molecule has 9 nitrogen and oxygen atoms in total. The molecular formula is C21H22ClFN8O. The normalized spacial score (nSPS) is 25.3. The number of benzene rings is 1. The van der Waals surface area contributed by atoms with Crippen molar-refractivity contribution >= 4 is 39.5 Å². The monoisotopic (exact) mass is 456 g/mol. The molecule has 0 unspecified atom stereocenters. The minimum Gasteiger partial charge on any atom is -0.390 e. The topological polar surface area (TPSA) is 122 Å². The van der Waals surface area contributed by atoms with Gasteiger partial charge in [-0.25, -0.2) is 14.4 Å². The van der Waals surface area contributed by atoms with Crippen molar-refractivity contribution < 1.29 is 9.50 Å². The van der Waals surface area contributed by atoms with Crippen LogP contribution in [0.5, 0.6) is 0 Å². The van der Waals surface area contributed by atoms with Crippen LogP contribution in [-0.4, -0.2) is 59.3 Å². The highest BCUT2D eigenvalue weighted by Crippen LogP contribution is 2.42. The minimum absolute atomic E-state index is 0.0832. The minimum atomic E-state index is -1.14. The molecule has 0 amide bonds. The van der Waals surface area contributed by atoms with Crippen LogP contribution in [0.3, 0.4) is 0 Å². The first-order valence-electron chi connectivity index (χ1n) is 10.6. The Morgan fingerprint density at radius 3 is 2.97 bits per heavy atom. The molecule has 32 heavy (non-hydrogen) atoms. The summed E-state index contributed by atoms with van der Waals surface area (Å²) < 4.78 is 16.5. The van der Waals surface area contributed by atoms with Gasteiger partial charge in [0, 0.05) is 36.3 Å². The Bertz CT molecular complexity index is 1350. The largest absolute Gasteiger partial charge is 0.390 e. The van der Waals surface area contributed by atoms with Crippen LogP contribution in [0.15, 0.2) is 18.3 Å². The second-order valence-corrected chi connectivity index (χ2v) is 9.01. The highest BCUT2D eigenvalue weighted by molar-refractivity contribution is 6.38. The summed E-state index contributed by atoms with van der Waals surface area (Å²) in [6.45, 7) is -0.322. The van der Waals surface area contributed by atoms with Gasteiger partial charge in [0.2, 0.25) is 5.65 Å². The first-order valence-corrected chi connectivity index (χ1v) is 11.0. The van der Waals surface area contributed by atoms with Crippen LogP contribution in [0.1, 0.15) is 25.0 Å². The molecule has 2 saturated heterocycles. The fourth-order valence-corrected chi connectivity index (χ4v) is 5.55. The number of rotatable bonds is 3. The molecule has 1 aromatic carbocycles. The van der Waals surface area contributed by atoms with Crippen LogP contribution in [0, 0.1) is 0 Å². The number of aliphatic hydroxyl groups excluding tert-OH is 1. The zero-order chi connectivity index (χ0) is 22.1.